The molecule has 0 radical (unpaired) electrons. The highest BCUT2D eigenvalue weighted by molar-refractivity contribution is 7.89. The zero-order chi connectivity index (χ0) is 15.8. The van der Waals surface area contributed by atoms with Gasteiger partial charge >= 0.3 is 5.97 Å². The lowest BCUT2D eigenvalue weighted by molar-refractivity contribution is -0.140. The van der Waals surface area contributed by atoms with Crippen LogP contribution in [0.5, 0.6) is 0 Å². The van der Waals surface area contributed by atoms with Gasteiger partial charge in [-0.05, 0) is 27.2 Å². The predicted octanol–water partition coefficient (Wildman–Crippen LogP) is 0.116. The highest BCUT2D eigenvalue weighted by atomic mass is 32.2. The van der Waals surface area contributed by atoms with E-state index in [1.165, 1.54) is 14.0 Å². The SMILES string of the molecule is CCN(CC)C(=O)C(C)NS(=O)(=O)CCCC(=O)OC. The minimum atomic E-state index is -3.58. The molecule has 0 aromatic heterocycles. The maximum Gasteiger partial charge on any atom is 0.305 e. The van der Waals surface area contributed by atoms with Crippen LogP contribution in [0.2, 0.25) is 0 Å². The molecule has 0 bridgehead atoms. The Morgan fingerprint density at radius 2 is 1.80 bits per heavy atom. The van der Waals surface area contributed by atoms with Gasteiger partial charge in [-0.1, -0.05) is 0 Å². The monoisotopic (exact) mass is 308 g/mol. The molecule has 0 saturated carbocycles. The lowest BCUT2D eigenvalue weighted by atomic mass is 10.3. The quantitative estimate of drug-likeness (QED) is 0.611. The molecule has 7 nitrogen and oxygen atoms in total. The number of methoxy groups -OCH3 is 1. The molecule has 0 fully saturated rings. The average Bonchev–Trinajstić information content (AvgIpc) is 2.38. The van der Waals surface area contributed by atoms with Crippen LogP contribution < -0.4 is 4.72 Å². The van der Waals surface area contributed by atoms with Crippen molar-refractivity contribution in [3.8, 4) is 0 Å². The summed E-state index contributed by atoms with van der Waals surface area (Å²) in [4.78, 5) is 24.4. The molecular weight excluding hydrogens is 284 g/mol. The van der Waals surface area contributed by atoms with E-state index in [1.807, 2.05) is 13.8 Å². The van der Waals surface area contributed by atoms with E-state index in [0.717, 1.165) is 0 Å². The Morgan fingerprint density at radius 3 is 2.25 bits per heavy atom. The Morgan fingerprint density at radius 1 is 1.25 bits per heavy atom. The number of rotatable bonds is 9. The van der Waals surface area contributed by atoms with Crippen LogP contribution in [-0.2, 0) is 24.3 Å². The Bertz CT molecular complexity index is 418. The average molecular weight is 308 g/mol. The molecule has 0 spiro atoms. The van der Waals surface area contributed by atoms with E-state index in [4.69, 9.17) is 0 Å². The van der Waals surface area contributed by atoms with E-state index in [9.17, 15) is 18.0 Å². The third-order valence-corrected chi connectivity index (χ3v) is 4.36. The molecule has 0 aliphatic carbocycles. The van der Waals surface area contributed by atoms with Crippen LogP contribution in [0.3, 0.4) is 0 Å². The molecule has 8 heteroatoms. The van der Waals surface area contributed by atoms with E-state index < -0.39 is 22.0 Å². The van der Waals surface area contributed by atoms with Gasteiger partial charge in [0.1, 0.15) is 0 Å². The summed E-state index contributed by atoms with van der Waals surface area (Å²) in [5.41, 5.74) is 0. The first-order chi connectivity index (χ1) is 9.27. The summed E-state index contributed by atoms with van der Waals surface area (Å²) in [7, 11) is -2.34. The number of likely N-dealkylation sites (N-methyl/N-ethyl adjacent to an activating group) is 1. The van der Waals surface area contributed by atoms with Crippen LogP contribution in [0, 0.1) is 0 Å². The first kappa shape index (κ1) is 18.9. The topological polar surface area (TPSA) is 92.8 Å². The standard InChI is InChI=1S/C12H24N2O5S/c1-5-14(6-2)12(16)10(3)13-20(17,18)9-7-8-11(15)19-4/h10,13H,5-9H2,1-4H3. The Kier molecular flexibility index (Phi) is 8.40. The smallest absolute Gasteiger partial charge is 0.305 e. The molecule has 0 aromatic carbocycles. The van der Waals surface area contributed by atoms with Crippen molar-refractivity contribution in [2.45, 2.75) is 39.7 Å². The number of esters is 1. The summed E-state index contributed by atoms with van der Waals surface area (Å²) in [6, 6.07) is -0.807. The second-order valence-electron chi connectivity index (χ2n) is 4.35. The maximum absolute atomic E-state index is 11.9. The number of amides is 1. The van der Waals surface area contributed by atoms with Crippen molar-refractivity contribution in [3.05, 3.63) is 0 Å². The normalized spacial score (nSPS) is 12.8. The number of carbonyl (C=O) groups excluding carboxylic acids is 2. The van der Waals surface area contributed by atoms with Gasteiger partial charge in [0.2, 0.25) is 15.9 Å². The molecule has 0 heterocycles. The molecular formula is C12H24N2O5S. The van der Waals surface area contributed by atoms with Crippen LogP contribution >= 0.6 is 0 Å². The third kappa shape index (κ3) is 6.85. The van der Waals surface area contributed by atoms with Crippen LogP contribution in [0.15, 0.2) is 0 Å². The largest absolute Gasteiger partial charge is 0.469 e. The fourth-order valence-electron chi connectivity index (χ4n) is 1.70. The number of nitrogens with zero attached hydrogens (tertiary/aromatic N) is 1. The van der Waals surface area contributed by atoms with Gasteiger partial charge in [0.15, 0.2) is 0 Å². The summed E-state index contributed by atoms with van der Waals surface area (Å²) < 4.78 is 30.3. The van der Waals surface area contributed by atoms with Gasteiger partial charge in [-0.2, -0.15) is 0 Å². The van der Waals surface area contributed by atoms with Gasteiger partial charge in [-0.25, -0.2) is 13.1 Å². The number of sulfonamides is 1. The van der Waals surface area contributed by atoms with E-state index in [1.54, 1.807) is 4.90 Å². The van der Waals surface area contributed by atoms with Crippen LogP contribution in [-0.4, -0.2) is 57.2 Å². The first-order valence-electron chi connectivity index (χ1n) is 6.63. The van der Waals surface area contributed by atoms with E-state index in [0.29, 0.717) is 13.1 Å². The molecule has 0 aliphatic heterocycles. The third-order valence-electron chi connectivity index (χ3n) is 2.82. The molecule has 20 heavy (non-hydrogen) atoms. The number of hydrogen-bond donors (Lipinski definition) is 1. The lowest BCUT2D eigenvalue weighted by Crippen LogP contribution is -2.47. The second kappa shape index (κ2) is 8.91. The number of carbonyl (C=O) groups is 2. The van der Waals surface area contributed by atoms with E-state index in [2.05, 4.69) is 9.46 Å². The number of nitrogens with one attached hydrogen (secondary N) is 1. The molecule has 1 atom stereocenters. The highest BCUT2D eigenvalue weighted by Gasteiger charge is 2.23. The Balaban J connectivity index is 4.38. The lowest BCUT2D eigenvalue weighted by Gasteiger charge is -2.23. The van der Waals surface area contributed by atoms with Gasteiger partial charge in [0.25, 0.3) is 0 Å². The summed E-state index contributed by atoms with van der Waals surface area (Å²) >= 11 is 0. The summed E-state index contributed by atoms with van der Waals surface area (Å²) in [5.74, 6) is -0.920. The number of ether oxygens (including phenoxy) is 1. The first-order valence-corrected chi connectivity index (χ1v) is 8.28. The minimum Gasteiger partial charge on any atom is -0.469 e. The zero-order valence-electron chi connectivity index (χ0n) is 12.5. The summed E-state index contributed by atoms with van der Waals surface area (Å²) in [5, 5.41) is 0. The fourth-order valence-corrected chi connectivity index (χ4v) is 2.98. The van der Waals surface area contributed by atoms with Crippen molar-refractivity contribution in [1.29, 1.82) is 0 Å². The van der Waals surface area contributed by atoms with Gasteiger partial charge in [-0.15, -0.1) is 0 Å². The Labute approximate surface area is 120 Å². The molecule has 0 saturated heterocycles. The van der Waals surface area contributed by atoms with Crippen LogP contribution in [0.4, 0.5) is 0 Å². The zero-order valence-corrected chi connectivity index (χ0v) is 13.3. The molecule has 0 aromatic rings. The van der Waals surface area contributed by atoms with E-state index >= 15 is 0 Å². The minimum absolute atomic E-state index is 0.0375. The van der Waals surface area contributed by atoms with Gasteiger partial charge in [-0.3, -0.25) is 9.59 Å². The molecule has 1 N–H and O–H groups in total. The van der Waals surface area contributed by atoms with Crippen molar-refractivity contribution in [1.82, 2.24) is 9.62 Å². The summed E-state index contributed by atoms with van der Waals surface area (Å²) in [6.07, 6.45) is 0.198. The second-order valence-corrected chi connectivity index (χ2v) is 6.22. The molecule has 1 unspecified atom stereocenters. The number of hydrogen-bond acceptors (Lipinski definition) is 5. The Hall–Kier alpha value is -1.15. The highest BCUT2D eigenvalue weighted by Crippen LogP contribution is 2.01. The van der Waals surface area contributed by atoms with Crippen molar-refractivity contribution >= 4 is 21.9 Å². The fraction of sp³-hybridized carbons (Fsp3) is 0.833. The van der Waals surface area contributed by atoms with Gasteiger partial charge in [0, 0.05) is 19.5 Å². The summed E-state index contributed by atoms with van der Waals surface area (Å²) in [6.45, 7) is 6.24. The van der Waals surface area contributed by atoms with Crippen LogP contribution in [0.25, 0.3) is 0 Å². The molecule has 0 aliphatic rings. The van der Waals surface area contributed by atoms with Crippen molar-refractivity contribution in [3.63, 3.8) is 0 Å². The molecule has 0 rings (SSSR count). The van der Waals surface area contributed by atoms with Crippen LogP contribution in [0.1, 0.15) is 33.6 Å². The van der Waals surface area contributed by atoms with Gasteiger partial charge in [0.05, 0.1) is 18.9 Å². The molecule has 1 amide bonds. The van der Waals surface area contributed by atoms with E-state index in [-0.39, 0.29) is 24.5 Å². The van der Waals surface area contributed by atoms with Gasteiger partial charge < -0.3 is 9.64 Å². The van der Waals surface area contributed by atoms with Crippen molar-refractivity contribution < 1.29 is 22.7 Å². The van der Waals surface area contributed by atoms with Crippen molar-refractivity contribution in [2.75, 3.05) is 26.0 Å². The van der Waals surface area contributed by atoms with Crippen molar-refractivity contribution in [2.24, 2.45) is 0 Å². The predicted molar refractivity (Wildman–Crippen MR) is 75.6 cm³/mol. The maximum atomic E-state index is 11.9. The molecule has 118 valence electrons.